The molecule has 0 atom stereocenters. The average Bonchev–Trinajstić information content (AvgIpc) is 2.97. The lowest BCUT2D eigenvalue weighted by Crippen LogP contribution is -2.38. The summed E-state index contributed by atoms with van der Waals surface area (Å²) in [6.07, 6.45) is 6.62. The van der Waals surface area contributed by atoms with Gasteiger partial charge in [0.25, 0.3) is 0 Å². The van der Waals surface area contributed by atoms with Crippen LogP contribution in [0.1, 0.15) is 44.6 Å². The maximum absolute atomic E-state index is 5.57. The molecule has 1 aromatic carbocycles. The van der Waals surface area contributed by atoms with E-state index in [2.05, 4.69) is 20.5 Å². The minimum Gasteiger partial charge on any atom is -0.493 e. The summed E-state index contributed by atoms with van der Waals surface area (Å²) in [6.45, 7) is 7.90. The van der Waals surface area contributed by atoms with Gasteiger partial charge in [0.05, 0.1) is 13.7 Å². The molecule has 0 spiro atoms. The van der Waals surface area contributed by atoms with Gasteiger partial charge in [0.1, 0.15) is 0 Å². The van der Waals surface area contributed by atoms with E-state index in [0.717, 1.165) is 36.0 Å². The molecular weight excluding hydrogens is 340 g/mol. The Morgan fingerprint density at radius 3 is 2.56 bits per heavy atom. The summed E-state index contributed by atoms with van der Waals surface area (Å²) < 4.78 is 11.0. The summed E-state index contributed by atoms with van der Waals surface area (Å²) in [5, 5.41) is 6.78. The highest BCUT2D eigenvalue weighted by atomic mass is 16.5. The number of nitrogens with one attached hydrogen (secondary N) is 2. The number of likely N-dealkylation sites (tertiary alicyclic amines) is 1. The van der Waals surface area contributed by atoms with Gasteiger partial charge in [0.15, 0.2) is 17.5 Å². The molecule has 6 nitrogen and oxygen atoms in total. The third kappa shape index (κ3) is 7.67. The Labute approximate surface area is 164 Å². The molecule has 0 bridgehead atoms. The second-order valence-electron chi connectivity index (χ2n) is 6.88. The van der Waals surface area contributed by atoms with Crippen molar-refractivity contribution < 1.29 is 9.47 Å². The lowest BCUT2D eigenvalue weighted by atomic mass is 10.2. The Hall–Kier alpha value is -1.95. The molecule has 6 heteroatoms. The van der Waals surface area contributed by atoms with Gasteiger partial charge >= 0.3 is 0 Å². The van der Waals surface area contributed by atoms with Gasteiger partial charge in [-0.05, 0) is 63.5 Å². The number of hydrogen-bond acceptors (Lipinski definition) is 4. The minimum atomic E-state index is 0.627. The number of guanidine groups is 1. The lowest BCUT2D eigenvalue weighted by molar-refractivity contribution is 0.282. The van der Waals surface area contributed by atoms with Crippen molar-refractivity contribution in [1.29, 1.82) is 0 Å². The molecule has 0 aromatic heterocycles. The van der Waals surface area contributed by atoms with Crippen molar-refractivity contribution in [3.8, 4) is 11.5 Å². The molecule has 0 aliphatic carbocycles. The molecule has 2 rings (SSSR count). The number of nitrogens with zero attached hydrogens (tertiary/aromatic N) is 2. The van der Waals surface area contributed by atoms with Crippen molar-refractivity contribution in [2.75, 3.05) is 46.9 Å². The molecular formula is C21H36N4O2. The predicted octanol–water partition coefficient (Wildman–Crippen LogP) is 3.03. The van der Waals surface area contributed by atoms with E-state index in [4.69, 9.17) is 9.47 Å². The van der Waals surface area contributed by atoms with E-state index in [1.54, 1.807) is 7.11 Å². The molecule has 1 heterocycles. The fraction of sp³-hybridized carbons (Fsp3) is 0.667. The zero-order chi connectivity index (χ0) is 19.3. The first-order chi connectivity index (χ1) is 13.3. The van der Waals surface area contributed by atoms with Crippen LogP contribution in [0.15, 0.2) is 23.2 Å². The molecule has 0 saturated carbocycles. The fourth-order valence-corrected chi connectivity index (χ4v) is 3.37. The van der Waals surface area contributed by atoms with Crippen LogP contribution in [0, 0.1) is 0 Å². The second-order valence-corrected chi connectivity index (χ2v) is 6.88. The highest BCUT2D eigenvalue weighted by Gasteiger charge is 2.09. The Balaban J connectivity index is 1.71. The number of benzene rings is 1. The summed E-state index contributed by atoms with van der Waals surface area (Å²) in [4.78, 5) is 6.91. The van der Waals surface area contributed by atoms with Crippen LogP contribution >= 0.6 is 0 Å². The molecule has 1 fully saturated rings. The number of hydrogen-bond donors (Lipinski definition) is 2. The van der Waals surface area contributed by atoms with E-state index in [9.17, 15) is 0 Å². The smallest absolute Gasteiger partial charge is 0.191 e. The van der Waals surface area contributed by atoms with E-state index in [0.29, 0.717) is 13.2 Å². The van der Waals surface area contributed by atoms with Gasteiger partial charge in [-0.25, -0.2) is 0 Å². The molecule has 2 N–H and O–H groups in total. The third-order valence-electron chi connectivity index (χ3n) is 4.85. The van der Waals surface area contributed by atoms with Gasteiger partial charge in [0.2, 0.25) is 0 Å². The molecule has 1 saturated heterocycles. The lowest BCUT2D eigenvalue weighted by Gasteiger charge is -2.20. The van der Waals surface area contributed by atoms with Crippen molar-refractivity contribution in [3.63, 3.8) is 0 Å². The van der Waals surface area contributed by atoms with E-state index >= 15 is 0 Å². The Morgan fingerprint density at radius 2 is 1.89 bits per heavy atom. The van der Waals surface area contributed by atoms with Crippen molar-refractivity contribution in [3.05, 3.63) is 23.8 Å². The van der Waals surface area contributed by atoms with Crippen LogP contribution in [-0.2, 0) is 6.54 Å². The Bertz CT molecular complexity index is 569. The standard InChI is InChI=1S/C21H36N4O2/c1-4-27-19-11-10-18(16-20(19)26-3)17-24-21(22-2)23-12-9-15-25-13-7-5-6-8-14-25/h10-11,16H,4-9,12-15,17H2,1-3H3,(H2,22,23,24). The Kier molecular flexibility index (Phi) is 9.84. The van der Waals surface area contributed by atoms with Gasteiger partial charge in [-0.3, -0.25) is 4.99 Å². The van der Waals surface area contributed by atoms with Crippen LogP contribution in [0.5, 0.6) is 11.5 Å². The number of aliphatic imine (C=N–C) groups is 1. The summed E-state index contributed by atoms with van der Waals surface area (Å²) >= 11 is 0. The first-order valence-electron chi connectivity index (χ1n) is 10.2. The van der Waals surface area contributed by atoms with Crippen LogP contribution < -0.4 is 20.1 Å². The van der Waals surface area contributed by atoms with Crippen LogP contribution in [0.4, 0.5) is 0 Å². The largest absolute Gasteiger partial charge is 0.493 e. The monoisotopic (exact) mass is 376 g/mol. The number of methoxy groups -OCH3 is 1. The van der Waals surface area contributed by atoms with E-state index < -0.39 is 0 Å². The SMILES string of the molecule is CCOc1ccc(CNC(=NC)NCCCN2CCCCCC2)cc1OC. The summed E-state index contributed by atoms with van der Waals surface area (Å²) in [6, 6.07) is 6.01. The van der Waals surface area contributed by atoms with Crippen molar-refractivity contribution >= 4 is 5.96 Å². The van der Waals surface area contributed by atoms with Crippen LogP contribution in [0.3, 0.4) is 0 Å². The molecule has 0 unspecified atom stereocenters. The highest BCUT2D eigenvalue weighted by Crippen LogP contribution is 2.27. The maximum atomic E-state index is 5.57. The summed E-state index contributed by atoms with van der Waals surface area (Å²) in [5.41, 5.74) is 1.13. The molecule has 152 valence electrons. The molecule has 27 heavy (non-hydrogen) atoms. The van der Waals surface area contributed by atoms with E-state index in [-0.39, 0.29) is 0 Å². The predicted molar refractivity (Wildman–Crippen MR) is 112 cm³/mol. The zero-order valence-corrected chi connectivity index (χ0v) is 17.2. The van der Waals surface area contributed by atoms with E-state index in [1.807, 2.05) is 32.2 Å². The van der Waals surface area contributed by atoms with Crippen molar-refractivity contribution in [2.45, 2.75) is 45.6 Å². The topological polar surface area (TPSA) is 58.1 Å². The normalized spacial score (nSPS) is 15.9. The molecule has 0 amide bonds. The van der Waals surface area contributed by atoms with Gasteiger partial charge in [-0.2, -0.15) is 0 Å². The first-order valence-corrected chi connectivity index (χ1v) is 10.2. The van der Waals surface area contributed by atoms with Crippen LogP contribution in [0.2, 0.25) is 0 Å². The molecule has 0 radical (unpaired) electrons. The average molecular weight is 377 g/mol. The van der Waals surface area contributed by atoms with Gasteiger partial charge in [0, 0.05) is 20.1 Å². The highest BCUT2D eigenvalue weighted by molar-refractivity contribution is 5.79. The van der Waals surface area contributed by atoms with Gasteiger partial charge < -0.3 is 25.0 Å². The molecule has 1 aliphatic rings. The van der Waals surface area contributed by atoms with Gasteiger partial charge in [-0.15, -0.1) is 0 Å². The van der Waals surface area contributed by atoms with E-state index in [1.165, 1.54) is 45.3 Å². The zero-order valence-electron chi connectivity index (χ0n) is 17.2. The minimum absolute atomic E-state index is 0.627. The first kappa shape index (κ1) is 21.4. The number of rotatable bonds is 9. The summed E-state index contributed by atoms with van der Waals surface area (Å²) in [5.74, 6) is 2.37. The molecule has 1 aliphatic heterocycles. The maximum Gasteiger partial charge on any atom is 0.191 e. The quantitative estimate of drug-likeness (QED) is 0.394. The van der Waals surface area contributed by atoms with Crippen molar-refractivity contribution in [2.24, 2.45) is 4.99 Å². The van der Waals surface area contributed by atoms with Crippen LogP contribution in [-0.4, -0.2) is 57.8 Å². The van der Waals surface area contributed by atoms with Crippen LogP contribution in [0.25, 0.3) is 0 Å². The Morgan fingerprint density at radius 1 is 1.11 bits per heavy atom. The fourth-order valence-electron chi connectivity index (χ4n) is 3.37. The van der Waals surface area contributed by atoms with Crippen molar-refractivity contribution in [1.82, 2.24) is 15.5 Å². The van der Waals surface area contributed by atoms with Gasteiger partial charge in [-0.1, -0.05) is 18.9 Å². The third-order valence-corrected chi connectivity index (χ3v) is 4.85. The molecule has 1 aromatic rings. The summed E-state index contributed by atoms with van der Waals surface area (Å²) in [7, 11) is 3.47. The number of ether oxygens (including phenoxy) is 2. The second kappa shape index (κ2) is 12.4.